The lowest BCUT2D eigenvalue weighted by Gasteiger charge is -2.10. The Hall–Kier alpha value is -3.16. The van der Waals surface area contributed by atoms with Crippen LogP contribution in [0.1, 0.15) is 18.1 Å². The number of nitrogens with one attached hydrogen (secondary N) is 1. The van der Waals surface area contributed by atoms with E-state index in [1.54, 1.807) is 0 Å². The summed E-state index contributed by atoms with van der Waals surface area (Å²) in [6.07, 6.45) is 2.84. The lowest BCUT2D eigenvalue weighted by Crippen LogP contribution is -2.05. The number of oxime groups is 2. The van der Waals surface area contributed by atoms with Crippen LogP contribution in [0.3, 0.4) is 0 Å². The number of hydrogen-bond donors (Lipinski definition) is 2. The molecule has 0 bridgehead atoms. The second-order valence-electron chi connectivity index (χ2n) is 4.50. The number of nitrogens with zero attached hydrogens (tertiary/aromatic N) is 4. The molecule has 0 saturated carbocycles. The number of aromatic nitrogens is 2. The van der Waals surface area contributed by atoms with E-state index in [2.05, 4.69) is 30.4 Å². The van der Waals surface area contributed by atoms with E-state index in [9.17, 15) is 0 Å². The quantitative estimate of drug-likeness (QED) is 0.625. The fraction of sp³-hybridized carbons (Fsp3) is 0.200. The minimum atomic E-state index is 0.302. The van der Waals surface area contributed by atoms with E-state index in [-0.39, 0.29) is 0 Å². The van der Waals surface area contributed by atoms with Crippen molar-refractivity contribution in [3.63, 3.8) is 0 Å². The SMILES string of the molecule is CO/N=C/c1c(N)ncnc1Nc1cccc(/C(C)=N/OC)c1. The van der Waals surface area contributed by atoms with Gasteiger partial charge in [-0.3, -0.25) is 0 Å². The van der Waals surface area contributed by atoms with E-state index >= 15 is 0 Å². The van der Waals surface area contributed by atoms with E-state index in [0.717, 1.165) is 17.0 Å². The Morgan fingerprint density at radius 3 is 2.83 bits per heavy atom. The fourth-order valence-electron chi connectivity index (χ4n) is 1.89. The Kier molecular flexibility index (Phi) is 5.45. The monoisotopic (exact) mass is 314 g/mol. The summed E-state index contributed by atoms with van der Waals surface area (Å²) in [5, 5.41) is 10.8. The molecule has 0 spiro atoms. The molecular weight excluding hydrogens is 296 g/mol. The normalized spacial score (nSPS) is 11.5. The molecule has 0 aliphatic heterocycles. The van der Waals surface area contributed by atoms with Gasteiger partial charge in [0.25, 0.3) is 0 Å². The molecule has 0 unspecified atom stereocenters. The maximum absolute atomic E-state index is 5.86. The third-order valence-corrected chi connectivity index (χ3v) is 2.97. The fourth-order valence-corrected chi connectivity index (χ4v) is 1.89. The molecule has 0 radical (unpaired) electrons. The minimum absolute atomic E-state index is 0.302. The highest BCUT2D eigenvalue weighted by Crippen LogP contribution is 2.21. The van der Waals surface area contributed by atoms with Crippen LogP contribution >= 0.6 is 0 Å². The molecule has 0 saturated heterocycles. The molecule has 120 valence electrons. The van der Waals surface area contributed by atoms with Crippen LogP contribution in [0.4, 0.5) is 17.3 Å². The Balaban J connectivity index is 2.33. The summed E-state index contributed by atoms with van der Waals surface area (Å²) in [6.45, 7) is 1.86. The Bertz CT molecular complexity index is 730. The first kappa shape index (κ1) is 16.2. The Morgan fingerprint density at radius 1 is 1.26 bits per heavy atom. The van der Waals surface area contributed by atoms with Crippen molar-refractivity contribution in [1.29, 1.82) is 0 Å². The molecule has 8 heteroatoms. The molecule has 23 heavy (non-hydrogen) atoms. The molecule has 1 aromatic heterocycles. The zero-order valence-corrected chi connectivity index (χ0v) is 13.1. The third kappa shape index (κ3) is 4.16. The third-order valence-electron chi connectivity index (χ3n) is 2.97. The summed E-state index contributed by atoms with van der Waals surface area (Å²) in [4.78, 5) is 17.6. The van der Waals surface area contributed by atoms with Gasteiger partial charge in [0.15, 0.2) is 0 Å². The van der Waals surface area contributed by atoms with Crippen LogP contribution in [0.15, 0.2) is 40.9 Å². The summed E-state index contributed by atoms with van der Waals surface area (Å²) in [7, 11) is 2.96. The molecule has 3 N–H and O–H groups in total. The molecule has 1 heterocycles. The summed E-state index contributed by atoms with van der Waals surface area (Å²) in [6, 6.07) is 7.66. The molecule has 0 aliphatic rings. The highest BCUT2D eigenvalue weighted by molar-refractivity contribution is 5.99. The lowest BCUT2D eigenvalue weighted by atomic mass is 10.1. The van der Waals surface area contributed by atoms with Crippen molar-refractivity contribution in [2.45, 2.75) is 6.92 Å². The van der Waals surface area contributed by atoms with E-state index in [0.29, 0.717) is 17.2 Å². The van der Waals surface area contributed by atoms with Gasteiger partial charge in [0.05, 0.1) is 17.5 Å². The van der Waals surface area contributed by atoms with Gasteiger partial charge in [-0.25, -0.2) is 9.97 Å². The predicted octanol–water partition coefficient (Wildman–Crippen LogP) is 2.15. The van der Waals surface area contributed by atoms with Gasteiger partial charge in [0.1, 0.15) is 32.2 Å². The largest absolute Gasteiger partial charge is 0.399 e. The van der Waals surface area contributed by atoms with E-state index < -0.39 is 0 Å². The van der Waals surface area contributed by atoms with Gasteiger partial charge in [-0.15, -0.1) is 0 Å². The van der Waals surface area contributed by atoms with Crippen LogP contribution < -0.4 is 11.1 Å². The number of benzene rings is 1. The average Bonchev–Trinajstić information content (AvgIpc) is 2.55. The van der Waals surface area contributed by atoms with Crippen LogP contribution in [-0.2, 0) is 9.68 Å². The number of anilines is 3. The first-order chi connectivity index (χ1) is 11.2. The van der Waals surface area contributed by atoms with Gasteiger partial charge in [-0.2, -0.15) is 0 Å². The van der Waals surface area contributed by atoms with Crippen molar-refractivity contribution in [1.82, 2.24) is 9.97 Å². The molecular formula is C15H18N6O2. The second-order valence-corrected chi connectivity index (χ2v) is 4.50. The van der Waals surface area contributed by atoms with Gasteiger partial charge in [0.2, 0.25) is 0 Å². The smallest absolute Gasteiger partial charge is 0.144 e. The lowest BCUT2D eigenvalue weighted by molar-refractivity contribution is 0.213. The zero-order chi connectivity index (χ0) is 16.7. The molecule has 1 aromatic carbocycles. The summed E-state index contributed by atoms with van der Waals surface area (Å²) < 4.78 is 0. The van der Waals surface area contributed by atoms with E-state index in [1.807, 2.05) is 31.2 Å². The maximum Gasteiger partial charge on any atom is 0.144 e. The summed E-state index contributed by atoms with van der Waals surface area (Å²) in [5.74, 6) is 0.827. The van der Waals surface area contributed by atoms with Gasteiger partial charge >= 0.3 is 0 Å². The molecule has 2 rings (SSSR count). The number of nitrogen functional groups attached to an aromatic ring is 1. The van der Waals surface area contributed by atoms with Gasteiger partial charge in [0, 0.05) is 11.3 Å². The molecule has 8 nitrogen and oxygen atoms in total. The van der Waals surface area contributed by atoms with Crippen LogP contribution in [0.5, 0.6) is 0 Å². The minimum Gasteiger partial charge on any atom is -0.399 e. The topological polar surface area (TPSA) is 107 Å². The molecule has 0 fully saturated rings. The van der Waals surface area contributed by atoms with Gasteiger partial charge < -0.3 is 20.7 Å². The number of hydrogen-bond acceptors (Lipinski definition) is 8. The van der Waals surface area contributed by atoms with E-state index in [1.165, 1.54) is 26.8 Å². The van der Waals surface area contributed by atoms with Gasteiger partial charge in [-0.1, -0.05) is 22.4 Å². The van der Waals surface area contributed by atoms with Crippen molar-refractivity contribution in [2.75, 3.05) is 25.3 Å². The average molecular weight is 314 g/mol. The predicted molar refractivity (Wildman–Crippen MR) is 90.0 cm³/mol. The summed E-state index contributed by atoms with van der Waals surface area (Å²) >= 11 is 0. The molecule has 2 aromatic rings. The molecule has 0 atom stereocenters. The highest BCUT2D eigenvalue weighted by Gasteiger charge is 2.08. The first-order valence-electron chi connectivity index (χ1n) is 6.78. The zero-order valence-electron chi connectivity index (χ0n) is 13.1. The first-order valence-corrected chi connectivity index (χ1v) is 6.78. The van der Waals surface area contributed by atoms with Crippen molar-refractivity contribution in [2.24, 2.45) is 10.3 Å². The standard InChI is InChI=1S/C15H18N6O2/c1-10(21-23-3)11-5-4-6-12(7-11)20-15-13(8-19-22-2)14(16)17-9-18-15/h4-9H,1-3H3,(H3,16,17,18,20)/b19-8+,21-10+. The van der Waals surface area contributed by atoms with Crippen molar-refractivity contribution in [3.8, 4) is 0 Å². The van der Waals surface area contributed by atoms with Crippen LogP contribution in [0.2, 0.25) is 0 Å². The van der Waals surface area contributed by atoms with Gasteiger partial charge in [-0.05, 0) is 19.1 Å². The number of rotatable bonds is 6. The Labute approximate surface area is 134 Å². The van der Waals surface area contributed by atoms with Crippen molar-refractivity contribution in [3.05, 3.63) is 41.7 Å². The summed E-state index contributed by atoms with van der Waals surface area (Å²) in [5.41, 5.74) is 8.91. The van der Waals surface area contributed by atoms with Crippen LogP contribution in [-0.4, -0.2) is 36.1 Å². The number of nitrogens with two attached hydrogens (primary N) is 1. The second kappa shape index (κ2) is 7.74. The van der Waals surface area contributed by atoms with Crippen LogP contribution in [0.25, 0.3) is 0 Å². The van der Waals surface area contributed by atoms with Crippen molar-refractivity contribution < 1.29 is 9.68 Å². The highest BCUT2D eigenvalue weighted by atomic mass is 16.6. The molecule has 0 aliphatic carbocycles. The van der Waals surface area contributed by atoms with E-state index in [4.69, 9.17) is 10.6 Å². The molecule has 0 amide bonds. The van der Waals surface area contributed by atoms with Crippen molar-refractivity contribution >= 4 is 29.2 Å². The maximum atomic E-state index is 5.86. The Morgan fingerprint density at radius 2 is 2.09 bits per heavy atom. The van der Waals surface area contributed by atoms with Crippen LogP contribution in [0, 0.1) is 0 Å².